The van der Waals surface area contributed by atoms with E-state index in [1.165, 1.54) is 0 Å². The summed E-state index contributed by atoms with van der Waals surface area (Å²) in [7, 11) is -2.99. The Hall–Kier alpha value is 0.160. The summed E-state index contributed by atoms with van der Waals surface area (Å²) in [5, 5.41) is 3.23. The molecule has 0 spiro atoms. The fourth-order valence-corrected chi connectivity index (χ4v) is 3.34. The van der Waals surface area contributed by atoms with Gasteiger partial charge in [0.05, 0.1) is 5.75 Å². The highest BCUT2D eigenvalue weighted by Gasteiger charge is 2.25. The van der Waals surface area contributed by atoms with E-state index in [9.17, 15) is 8.42 Å². The van der Waals surface area contributed by atoms with Crippen LogP contribution in [0.15, 0.2) is 0 Å². The van der Waals surface area contributed by atoms with E-state index in [0.29, 0.717) is 18.8 Å². The molecule has 0 radical (unpaired) electrons. The number of hydrogen-bond acceptors (Lipinski definition) is 3. The van der Waals surface area contributed by atoms with Crippen molar-refractivity contribution in [2.45, 2.75) is 32.7 Å². The molecule has 1 unspecified atom stereocenters. The molecule has 1 saturated heterocycles. The Kier molecular flexibility index (Phi) is 6.75. The van der Waals surface area contributed by atoms with Crippen molar-refractivity contribution in [3.05, 3.63) is 0 Å². The monoisotopic (exact) mass is 256 g/mol. The normalized spacial score (nSPS) is 23.5. The largest absolute Gasteiger partial charge is 0.312 e. The first-order chi connectivity index (χ1) is 6.56. The van der Waals surface area contributed by atoms with E-state index in [0.717, 1.165) is 19.4 Å². The standard InChI is InChI=1S/C9H20N2O2S.ClH/c1-3-4-7-14(12,13)11-6-5-10-9(2)8-11;/h9-10H,3-8H2,1-2H3;1H. The number of hydrogen-bond donors (Lipinski definition) is 1. The van der Waals surface area contributed by atoms with Crippen LogP contribution < -0.4 is 5.32 Å². The van der Waals surface area contributed by atoms with Crippen LogP contribution >= 0.6 is 12.4 Å². The van der Waals surface area contributed by atoms with Crippen LogP contribution in [0.25, 0.3) is 0 Å². The SMILES string of the molecule is CCCCS(=O)(=O)N1CCNC(C)C1.Cl. The Morgan fingerprint density at radius 3 is 2.67 bits per heavy atom. The van der Waals surface area contributed by atoms with E-state index in [-0.39, 0.29) is 18.4 Å². The Balaban J connectivity index is 0.00000196. The van der Waals surface area contributed by atoms with Gasteiger partial charge in [0, 0.05) is 25.7 Å². The highest BCUT2D eigenvalue weighted by Crippen LogP contribution is 2.08. The first-order valence-corrected chi connectivity index (χ1v) is 6.88. The fourth-order valence-electron chi connectivity index (χ4n) is 1.61. The van der Waals surface area contributed by atoms with E-state index in [4.69, 9.17) is 0 Å². The molecule has 0 aromatic rings. The second-order valence-electron chi connectivity index (χ2n) is 3.88. The number of nitrogens with zero attached hydrogens (tertiary/aromatic N) is 1. The van der Waals surface area contributed by atoms with Crippen molar-refractivity contribution in [3.63, 3.8) is 0 Å². The summed E-state index contributed by atoms with van der Waals surface area (Å²) in [6.45, 7) is 6.03. The molecular formula is C9H21ClN2O2S. The molecule has 0 bridgehead atoms. The topological polar surface area (TPSA) is 49.4 Å². The first-order valence-electron chi connectivity index (χ1n) is 5.27. The summed E-state index contributed by atoms with van der Waals surface area (Å²) in [5.74, 6) is 0.302. The van der Waals surface area contributed by atoms with Gasteiger partial charge in [0.15, 0.2) is 0 Å². The van der Waals surface area contributed by atoms with Gasteiger partial charge in [-0.1, -0.05) is 13.3 Å². The Morgan fingerprint density at radius 1 is 1.47 bits per heavy atom. The maximum absolute atomic E-state index is 11.8. The molecule has 0 amide bonds. The molecule has 0 aromatic carbocycles. The minimum absolute atomic E-state index is 0. The van der Waals surface area contributed by atoms with Gasteiger partial charge in [0.1, 0.15) is 0 Å². The van der Waals surface area contributed by atoms with Crippen LogP contribution in [-0.2, 0) is 10.0 Å². The number of rotatable bonds is 4. The van der Waals surface area contributed by atoms with E-state index >= 15 is 0 Å². The molecule has 15 heavy (non-hydrogen) atoms. The van der Waals surface area contributed by atoms with Gasteiger partial charge < -0.3 is 5.32 Å². The molecule has 1 fully saturated rings. The van der Waals surface area contributed by atoms with Crippen LogP contribution in [0, 0.1) is 0 Å². The van der Waals surface area contributed by atoms with Gasteiger partial charge in [-0.05, 0) is 13.3 Å². The average molecular weight is 257 g/mol. The Morgan fingerprint density at radius 2 is 2.13 bits per heavy atom. The number of sulfonamides is 1. The predicted molar refractivity (Wildman–Crippen MR) is 65.0 cm³/mol. The number of nitrogens with one attached hydrogen (secondary N) is 1. The summed E-state index contributed by atoms with van der Waals surface area (Å²) in [4.78, 5) is 0. The highest BCUT2D eigenvalue weighted by molar-refractivity contribution is 7.89. The van der Waals surface area contributed by atoms with E-state index in [1.54, 1.807) is 4.31 Å². The number of piperazine rings is 1. The quantitative estimate of drug-likeness (QED) is 0.811. The van der Waals surface area contributed by atoms with Gasteiger partial charge >= 0.3 is 0 Å². The average Bonchev–Trinajstić information content (AvgIpc) is 2.15. The van der Waals surface area contributed by atoms with Gasteiger partial charge in [0.25, 0.3) is 0 Å². The van der Waals surface area contributed by atoms with Crippen molar-refractivity contribution >= 4 is 22.4 Å². The molecule has 1 atom stereocenters. The molecule has 1 heterocycles. The molecule has 1 N–H and O–H groups in total. The fraction of sp³-hybridized carbons (Fsp3) is 1.00. The summed E-state index contributed by atoms with van der Waals surface area (Å²) >= 11 is 0. The van der Waals surface area contributed by atoms with Crippen LogP contribution in [0.2, 0.25) is 0 Å². The molecule has 4 nitrogen and oxygen atoms in total. The zero-order valence-corrected chi connectivity index (χ0v) is 11.0. The third kappa shape index (κ3) is 4.68. The summed E-state index contributed by atoms with van der Waals surface area (Å²) in [6, 6.07) is 0.278. The molecule has 1 rings (SSSR count). The van der Waals surface area contributed by atoms with Crippen LogP contribution in [-0.4, -0.2) is 44.2 Å². The second-order valence-corrected chi connectivity index (χ2v) is 5.97. The molecule has 92 valence electrons. The van der Waals surface area contributed by atoms with Gasteiger partial charge in [-0.15, -0.1) is 12.4 Å². The van der Waals surface area contributed by atoms with Crippen molar-refractivity contribution in [1.29, 1.82) is 0 Å². The minimum Gasteiger partial charge on any atom is -0.312 e. The smallest absolute Gasteiger partial charge is 0.214 e. The zero-order valence-electron chi connectivity index (χ0n) is 9.40. The van der Waals surface area contributed by atoms with Gasteiger partial charge in [-0.3, -0.25) is 0 Å². The third-order valence-corrected chi connectivity index (χ3v) is 4.40. The molecule has 0 saturated carbocycles. The molecule has 0 aromatic heterocycles. The zero-order chi connectivity index (χ0) is 10.6. The van der Waals surface area contributed by atoms with E-state index in [2.05, 4.69) is 5.32 Å². The molecular weight excluding hydrogens is 236 g/mol. The summed E-state index contributed by atoms with van der Waals surface area (Å²) < 4.78 is 25.2. The molecule has 1 aliphatic rings. The highest BCUT2D eigenvalue weighted by atomic mass is 35.5. The lowest BCUT2D eigenvalue weighted by Crippen LogP contribution is -2.51. The predicted octanol–water partition coefficient (Wildman–Crippen LogP) is 0.832. The number of unbranched alkanes of at least 4 members (excludes halogenated alkanes) is 1. The van der Waals surface area contributed by atoms with Crippen molar-refractivity contribution < 1.29 is 8.42 Å². The maximum Gasteiger partial charge on any atom is 0.214 e. The summed E-state index contributed by atoms with van der Waals surface area (Å²) in [6.07, 6.45) is 1.70. The van der Waals surface area contributed by atoms with Crippen molar-refractivity contribution in [2.75, 3.05) is 25.4 Å². The van der Waals surface area contributed by atoms with Gasteiger partial charge in [-0.25, -0.2) is 8.42 Å². The summed E-state index contributed by atoms with van der Waals surface area (Å²) in [5.41, 5.74) is 0. The second kappa shape index (κ2) is 6.68. The van der Waals surface area contributed by atoms with Crippen LogP contribution in [0.1, 0.15) is 26.7 Å². The van der Waals surface area contributed by atoms with Crippen molar-refractivity contribution in [1.82, 2.24) is 9.62 Å². The van der Waals surface area contributed by atoms with Crippen LogP contribution in [0.4, 0.5) is 0 Å². The first kappa shape index (κ1) is 15.2. The van der Waals surface area contributed by atoms with Crippen LogP contribution in [0.5, 0.6) is 0 Å². The molecule has 6 heteroatoms. The van der Waals surface area contributed by atoms with Crippen molar-refractivity contribution in [3.8, 4) is 0 Å². The minimum atomic E-state index is -2.99. The Labute approximate surface area is 98.9 Å². The van der Waals surface area contributed by atoms with Gasteiger partial charge in [0.2, 0.25) is 10.0 Å². The van der Waals surface area contributed by atoms with E-state index < -0.39 is 10.0 Å². The maximum atomic E-state index is 11.8. The van der Waals surface area contributed by atoms with Crippen molar-refractivity contribution in [2.24, 2.45) is 0 Å². The van der Waals surface area contributed by atoms with Crippen LogP contribution in [0.3, 0.4) is 0 Å². The lowest BCUT2D eigenvalue weighted by molar-refractivity contribution is 0.310. The molecule has 1 aliphatic heterocycles. The number of halogens is 1. The Bertz CT molecular complexity index is 269. The third-order valence-electron chi connectivity index (χ3n) is 2.48. The van der Waals surface area contributed by atoms with Gasteiger partial charge in [-0.2, -0.15) is 4.31 Å². The molecule has 0 aliphatic carbocycles. The lowest BCUT2D eigenvalue weighted by Gasteiger charge is -2.30. The van der Waals surface area contributed by atoms with E-state index in [1.807, 2.05) is 13.8 Å². The lowest BCUT2D eigenvalue weighted by atomic mass is 10.3.